The van der Waals surface area contributed by atoms with Crippen molar-refractivity contribution in [3.05, 3.63) is 87.4 Å². The number of aryl methyl sites for hydroxylation is 1. The van der Waals surface area contributed by atoms with E-state index in [2.05, 4.69) is 52.4 Å². The zero-order valence-electron chi connectivity index (χ0n) is 17.0. The predicted molar refractivity (Wildman–Crippen MR) is 120 cm³/mol. The van der Waals surface area contributed by atoms with E-state index in [-0.39, 0.29) is 0 Å². The molecule has 3 aromatic rings. The molecule has 4 nitrogen and oxygen atoms in total. The molecule has 3 rings (SSSR count). The summed E-state index contributed by atoms with van der Waals surface area (Å²) in [5, 5.41) is 3.49. The Hall–Kier alpha value is -2.50. The van der Waals surface area contributed by atoms with Gasteiger partial charge in [0.1, 0.15) is 12.4 Å². The third-order valence-corrected chi connectivity index (χ3v) is 5.41. The standard InChI is InChI=1S/C24H26BrNO3/c1-17-7-6-8-18(13-17)16-29-24-20(21(25)11-12-23(24)28-3)15-26-14-19-9-4-5-10-22(19)27-2/h4-13,26H,14-16H2,1-3H3. The van der Waals surface area contributed by atoms with E-state index in [1.165, 1.54) is 5.56 Å². The quantitative estimate of drug-likeness (QED) is 0.452. The molecule has 0 saturated carbocycles. The van der Waals surface area contributed by atoms with Crippen LogP contribution in [0.4, 0.5) is 0 Å². The normalized spacial score (nSPS) is 10.6. The highest BCUT2D eigenvalue weighted by molar-refractivity contribution is 9.10. The molecule has 5 heteroatoms. The maximum atomic E-state index is 6.21. The van der Waals surface area contributed by atoms with Crippen LogP contribution < -0.4 is 19.5 Å². The van der Waals surface area contributed by atoms with Crippen molar-refractivity contribution in [2.24, 2.45) is 0 Å². The summed E-state index contributed by atoms with van der Waals surface area (Å²) in [6.07, 6.45) is 0. The molecule has 0 aliphatic heterocycles. The van der Waals surface area contributed by atoms with Gasteiger partial charge in [-0.05, 0) is 30.7 Å². The fraction of sp³-hybridized carbons (Fsp3) is 0.250. The highest BCUT2D eigenvalue weighted by atomic mass is 79.9. The first-order valence-corrected chi connectivity index (χ1v) is 10.3. The molecule has 0 heterocycles. The Kier molecular flexibility index (Phi) is 7.55. The van der Waals surface area contributed by atoms with Crippen LogP contribution in [0.2, 0.25) is 0 Å². The number of methoxy groups -OCH3 is 2. The Morgan fingerprint density at radius 3 is 2.41 bits per heavy atom. The molecule has 0 unspecified atom stereocenters. The van der Waals surface area contributed by atoms with Gasteiger partial charge in [-0.25, -0.2) is 0 Å². The average Bonchev–Trinajstić information content (AvgIpc) is 2.74. The average molecular weight is 456 g/mol. The molecule has 29 heavy (non-hydrogen) atoms. The summed E-state index contributed by atoms with van der Waals surface area (Å²) in [6.45, 7) is 3.87. The van der Waals surface area contributed by atoms with Crippen LogP contribution in [0.25, 0.3) is 0 Å². The van der Waals surface area contributed by atoms with Crippen molar-refractivity contribution in [2.45, 2.75) is 26.6 Å². The minimum atomic E-state index is 0.480. The van der Waals surface area contributed by atoms with Crippen molar-refractivity contribution in [2.75, 3.05) is 14.2 Å². The molecule has 3 aromatic carbocycles. The number of halogens is 1. The largest absolute Gasteiger partial charge is 0.496 e. The van der Waals surface area contributed by atoms with E-state index in [1.54, 1.807) is 14.2 Å². The van der Waals surface area contributed by atoms with E-state index in [0.29, 0.717) is 19.7 Å². The molecule has 0 amide bonds. The molecule has 0 spiro atoms. The third kappa shape index (κ3) is 5.52. The Morgan fingerprint density at radius 2 is 1.66 bits per heavy atom. The first kappa shape index (κ1) is 21.2. The lowest BCUT2D eigenvalue weighted by molar-refractivity contribution is 0.280. The highest BCUT2D eigenvalue weighted by Crippen LogP contribution is 2.37. The summed E-state index contributed by atoms with van der Waals surface area (Å²) in [5.74, 6) is 2.34. The number of hydrogen-bond donors (Lipinski definition) is 1. The Balaban J connectivity index is 1.76. The van der Waals surface area contributed by atoms with Crippen LogP contribution in [0.15, 0.2) is 65.1 Å². The Morgan fingerprint density at radius 1 is 0.862 bits per heavy atom. The lowest BCUT2D eigenvalue weighted by Crippen LogP contribution is -2.15. The van der Waals surface area contributed by atoms with Crippen LogP contribution in [0.5, 0.6) is 17.2 Å². The Labute approximate surface area is 180 Å². The van der Waals surface area contributed by atoms with E-state index < -0.39 is 0 Å². The van der Waals surface area contributed by atoms with Gasteiger partial charge in [0.25, 0.3) is 0 Å². The first-order valence-electron chi connectivity index (χ1n) is 9.48. The number of para-hydroxylation sites is 1. The SMILES string of the molecule is COc1ccccc1CNCc1c(Br)ccc(OC)c1OCc1cccc(C)c1. The zero-order valence-corrected chi connectivity index (χ0v) is 18.6. The Bertz CT molecular complexity index is 959. The number of ether oxygens (including phenoxy) is 3. The van der Waals surface area contributed by atoms with Crippen molar-refractivity contribution < 1.29 is 14.2 Å². The van der Waals surface area contributed by atoms with Crippen LogP contribution in [-0.4, -0.2) is 14.2 Å². The van der Waals surface area contributed by atoms with Crippen molar-refractivity contribution in [3.8, 4) is 17.2 Å². The van der Waals surface area contributed by atoms with Crippen LogP contribution >= 0.6 is 15.9 Å². The minimum absolute atomic E-state index is 0.480. The lowest BCUT2D eigenvalue weighted by atomic mass is 10.1. The van der Waals surface area contributed by atoms with E-state index in [4.69, 9.17) is 14.2 Å². The second-order valence-corrected chi connectivity index (χ2v) is 7.60. The second-order valence-electron chi connectivity index (χ2n) is 6.75. The molecule has 0 radical (unpaired) electrons. The van der Waals surface area contributed by atoms with E-state index in [9.17, 15) is 0 Å². The van der Waals surface area contributed by atoms with Gasteiger partial charge < -0.3 is 19.5 Å². The third-order valence-electron chi connectivity index (χ3n) is 4.66. The fourth-order valence-corrected chi connectivity index (χ4v) is 3.65. The van der Waals surface area contributed by atoms with Crippen molar-refractivity contribution >= 4 is 15.9 Å². The zero-order chi connectivity index (χ0) is 20.6. The monoisotopic (exact) mass is 455 g/mol. The van der Waals surface area contributed by atoms with Gasteiger partial charge in [-0.15, -0.1) is 0 Å². The van der Waals surface area contributed by atoms with Gasteiger partial charge in [0, 0.05) is 28.7 Å². The molecule has 0 aromatic heterocycles. The maximum Gasteiger partial charge on any atom is 0.167 e. The molecule has 152 valence electrons. The molecule has 0 bridgehead atoms. The summed E-state index contributed by atoms with van der Waals surface area (Å²) < 4.78 is 18.2. The summed E-state index contributed by atoms with van der Waals surface area (Å²) in [4.78, 5) is 0. The molecular formula is C24H26BrNO3. The van der Waals surface area contributed by atoms with Gasteiger partial charge in [0.2, 0.25) is 0 Å². The van der Waals surface area contributed by atoms with Crippen molar-refractivity contribution in [1.29, 1.82) is 0 Å². The topological polar surface area (TPSA) is 39.7 Å². The van der Waals surface area contributed by atoms with Gasteiger partial charge in [-0.2, -0.15) is 0 Å². The number of nitrogens with one attached hydrogen (secondary N) is 1. The fourth-order valence-electron chi connectivity index (χ4n) is 3.19. The summed E-state index contributed by atoms with van der Waals surface area (Å²) in [6, 6.07) is 20.2. The molecule has 0 aliphatic rings. The maximum absolute atomic E-state index is 6.21. The first-order chi connectivity index (χ1) is 14.1. The van der Waals surface area contributed by atoms with Gasteiger partial charge in [0.05, 0.1) is 14.2 Å². The van der Waals surface area contributed by atoms with Gasteiger partial charge in [-0.3, -0.25) is 0 Å². The summed E-state index contributed by atoms with van der Waals surface area (Å²) in [7, 11) is 3.35. The summed E-state index contributed by atoms with van der Waals surface area (Å²) >= 11 is 3.66. The lowest BCUT2D eigenvalue weighted by Gasteiger charge is -2.18. The minimum Gasteiger partial charge on any atom is -0.496 e. The van der Waals surface area contributed by atoms with Crippen LogP contribution in [0.3, 0.4) is 0 Å². The smallest absolute Gasteiger partial charge is 0.167 e. The van der Waals surface area contributed by atoms with Crippen LogP contribution in [0.1, 0.15) is 22.3 Å². The molecule has 0 saturated heterocycles. The number of benzene rings is 3. The van der Waals surface area contributed by atoms with E-state index in [1.807, 2.05) is 36.4 Å². The van der Waals surface area contributed by atoms with Gasteiger partial charge >= 0.3 is 0 Å². The predicted octanol–water partition coefficient (Wildman–Crippen LogP) is 5.64. The number of hydrogen-bond acceptors (Lipinski definition) is 4. The number of rotatable bonds is 9. The van der Waals surface area contributed by atoms with Gasteiger partial charge in [-0.1, -0.05) is 64.0 Å². The van der Waals surface area contributed by atoms with Crippen molar-refractivity contribution in [1.82, 2.24) is 5.32 Å². The van der Waals surface area contributed by atoms with E-state index >= 15 is 0 Å². The molecular weight excluding hydrogens is 430 g/mol. The van der Waals surface area contributed by atoms with Crippen molar-refractivity contribution in [3.63, 3.8) is 0 Å². The molecule has 0 atom stereocenters. The highest BCUT2D eigenvalue weighted by Gasteiger charge is 2.15. The second kappa shape index (κ2) is 10.3. The molecule has 0 fully saturated rings. The van der Waals surface area contributed by atoms with Crippen LogP contribution in [0, 0.1) is 6.92 Å². The van der Waals surface area contributed by atoms with Gasteiger partial charge in [0.15, 0.2) is 11.5 Å². The molecule has 1 N–H and O–H groups in total. The van der Waals surface area contributed by atoms with E-state index in [0.717, 1.165) is 38.4 Å². The summed E-state index contributed by atoms with van der Waals surface area (Å²) in [5.41, 5.74) is 4.47. The van der Waals surface area contributed by atoms with Crippen LogP contribution in [-0.2, 0) is 19.7 Å². The molecule has 0 aliphatic carbocycles.